The SMILES string of the molecule is CC(C)(C(=O)Nc1cnc(C#N)c(C(F)(F)F)c1)n1cc(C#CC2CN(c3ccc(NC4CCC(=O)NC4=O)nc3)C2)cn1. The Morgan fingerprint density at radius 1 is 1.14 bits per heavy atom. The molecule has 0 aromatic carbocycles. The van der Waals surface area contributed by atoms with E-state index in [1.54, 1.807) is 32.3 Å². The summed E-state index contributed by atoms with van der Waals surface area (Å²) in [6, 6.07) is 5.23. The lowest BCUT2D eigenvalue weighted by Gasteiger charge is -2.38. The molecule has 226 valence electrons. The van der Waals surface area contributed by atoms with Crippen molar-refractivity contribution in [1.82, 2.24) is 25.1 Å². The number of amides is 3. The van der Waals surface area contributed by atoms with Crippen LogP contribution in [0.15, 0.2) is 43.0 Å². The van der Waals surface area contributed by atoms with E-state index in [1.807, 2.05) is 6.07 Å². The Morgan fingerprint density at radius 2 is 1.91 bits per heavy atom. The first kappa shape index (κ1) is 30.0. The van der Waals surface area contributed by atoms with Gasteiger partial charge in [0.25, 0.3) is 5.91 Å². The minimum Gasteiger partial charge on any atom is -0.368 e. The molecule has 5 rings (SSSR count). The van der Waals surface area contributed by atoms with E-state index in [4.69, 9.17) is 5.26 Å². The molecule has 3 amide bonds. The minimum absolute atomic E-state index is 0.0858. The molecule has 0 spiro atoms. The van der Waals surface area contributed by atoms with Gasteiger partial charge in [0.1, 0.15) is 23.5 Å². The molecule has 2 fully saturated rings. The van der Waals surface area contributed by atoms with Gasteiger partial charge >= 0.3 is 6.18 Å². The molecule has 0 radical (unpaired) electrons. The maximum atomic E-state index is 13.3. The van der Waals surface area contributed by atoms with Gasteiger partial charge in [0, 0.05) is 25.7 Å². The molecule has 3 aromatic rings. The predicted octanol–water partition coefficient (Wildman–Crippen LogP) is 2.64. The quantitative estimate of drug-likeness (QED) is 0.284. The number of halogens is 3. The summed E-state index contributed by atoms with van der Waals surface area (Å²) in [7, 11) is 0. The molecule has 44 heavy (non-hydrogen) atoms. The van der Waals surface area contributed by atoms with Crippen LogP contribution in [-0.4, -0.2) is 56.6 Å². The second-order valence-electron chi connectivity index (χ2n) is 10.8. The van der Waals surface area contributed by atoms with E-state index in [-0.39, 0.29) is 29.8 Å². The zero-order valence-electron chi connectivity index (χ0n) is 23.6. The molecule has 0 bridgehead atoms. The summed E-state index contributed by atoms with van der Waals surface area (Å²) in [6.45, 7) is 4.46. The third-order valence-corrected chi connectivity index (χ3v) is 7.24. The topological polar surface area (TPSA) is 158 Å². The molecule has 1 unspecified atom stereocenters. The van der Waals surface area contributed by atoms with Crippen LogP contribution in [0.25, 0.3) is 0 Å². The third-order valence-electron chi connectivity index (χ3n) is 7.24. The summed E-state index contributed by atoms with van der Waals surface area (Å²) in [5, 5.41) is 20.9. The number of imide groups is 1. The van der Waals surface area contributed by atoms with E-state index in [9.17, 15) is 27.6 Å². The lowest BCUT2D eigenvalue weighted by molar-refractivity contribution is -0.138. The zero-order valence-corrected chi connectivity index (χ0v) is 23.6. The van der Waals surface area contributed by atoms with Gasteiger partial charge in [0.15, 0.2) is 5.69 Å². The van der Waals surface area contributed by atoms with Crippen molar-refractivity contribution in [3.8, 4) is 17.9 Å². The molecule has 12 nitrogen and oxygen atoms in total. The number of nitrogens with zero attached hydrogens (tertiary/aromatic N) is 6. The molecule has 2 aliphatic rings. The van der Waals surface area contributed by atoms with Gasteiger partial charge < -0.3 is 15.5 Å². The van der Waals surface area contributed by atoms with Crippen molar-refractivity contribution in [2.24, 2.45) is 5.92 Å². The molecule has 5 heterocycles. The fraction of sp³-hybridized carbons (Fsp3) is 0.345. The van der Waals surface area contributed by atoms with Crippen LogP contribution in [0.5, 0.6) is 0 Å². The molecular weight excluding hydrogens is 579 g/mol. The number of carbonyl (C=O) groups excluding carboxylic acids is 3. The monoisotopic (exact) mass is 605 g/mol. The average molecular weight is 606 g/mol. The smallest absolute Gasteiger partial charge is 0.368 e. The van der Waals surface area contributed by atoms with E-state index in [2.05, 4.69) is 47.8 Å². The van der Waals surface area contributed by atoms with E-state index < -0.39 is 34.9 Å². The number of alkyl halides is 3. The van der Waals surface area contributed by atoms with Gasteiger partial charge in [-0.1, -0.05) is 11.8 Å². The van der Waals surface area contributed by atoms with Crippen LogP contribution < -0.4 is 20.9 Å². The van der Waals surface area contributed by atoms with Gasteiger partial charge in [-0.25, -0.2) is 9.97 Å². The normalized spacial score (nSPS) is 17.1. The Labute approximate surface area is 249 Å². The van der Waals surface area contributed by atoms with Gasteiger partial charge in [-0.15, -0.1) is 0 Å². The molecule has 15 heteroatoms. The van der Waals surface area contributed by atoms with Gasteiger partial charge in [0.05, 0.1) is 47.0 Å². The van der Waals surface area contributed by atoms with E-state index >= 15 is 0 Å². The van der Waals surface area contributed by atoms with Crippen LogP contribution in [0.2, 0.25) is 0 Å². The molecule has 1 atom stereocenters. The Hall–Kier alpha value is -5.44. The number of hydrogen-bond acceptors (Lipinski definition) is 9. The fourth-order valence-electron chi connectivity index (χ4n) is 4.55. The highest BCUT2D eigenvalue weighted by Crippen LogP contribution is 2.33. The van der Waals surface area contributed by atoms with Crippen LogP contribution in [-0.2, 0) is 26.1 Å². The first-order chi connectivity index (χ1) is 20.8. The van der Waals surface area contributed by atoms with Crippen molar-refractivity contribution < 1.29 is 27.6 Å². The summed E-state index contributed by atoms with van der Waals surface area (Å²) < 4.78 is 41.2. The van der Waals surface area contributed by atoms with Gasteiger partial charge in [-0.3, -0.25) is 24.4 Å². The fourth-order valence-corrected chi connectivity index (χ4v) is 4.55. The summed E-state index contributed by atoms with van der Waals surface area (Å²) >= 11 is 0. The number of carbonyl (C=O) groups is 3. The van der Waals surface area contributed by atoms with Gasteiger partial charge in [0.2, 0.25) is 11.8 Å². The zero-order chi connectivity index (χ0) is 31.6. The van der Waals surface area contributed by atoms with E-state index in [0.717, 1.165) is 11.9 Å². The second-order valence-corrected chi connectivity index (χ2v) is 10.8. The number of nitriles is 1. The number of hydrogen-bond donors (Lipinski definition) is 3. The maximum absolute atomic E-state index is 13.3. The van der Waals surface area contributed by atoms with Crippen LogP contribution in [0.4, 0.5) is 30.4 Å². The standard InChI is InChI=1S/C29H26F3N9O3/c1-28(2,27(44)37-19-9-21(29(30,31)32)23(10-33)34-12-19)41-16-17(11-36-41)3-4-18-14-40(15-18)20-5-7-24(35-13-20)38-22-6-8-25(42)39-26(22)43/h5,7,9,11-13,16,18,22H,6,8,14-15H2,1-2H3,(H,35,38)(H,37,44)(H,39,42,43). The second kappa shape index (κ2) is 11.7. The summed E-state index contributed by atoms with van der Waals surface area (Å²) in [5.74, 6) is 5.58. The van der Waals surface area contributed by atoms with Crippen LogP contribution in [0.3, 0.4) is 0 Å². The lowest BCUT2D eigenvalue weighted by Crippen LogP contribution is -2.47. The average Bonchev–Trinajstić information content (AvgIpc) is 3.44. The van der Waals surface area contributed by atoms with Gasteiger partial charge in [-0.2, -0.15) is 23.5 Å². The number of aromatic nitrogens is 4. The Bertz CT molecular complexity index is 1710. The Balaban J connectivity index is 1.15. The van der Waals surface area contributed by atoms with Crippen molar-refractivity contribution >= 4 is 34.9 Å². The number of anilines is 3. The molecule has 0 saturated carbocycles. The first-order valence-corrected chi connectivity index (χ1v) is 13.5. The lowest BCUT2D eigenvalue weighted by atomic mass is 10.00. The highest BCUT2D eigenvalue weighted by atomic mass is 19.4. The maximum Gasteiger partial charge on any atom is 0.419 e. The number of rotatable bonds is 6. The first-order valence-electron chi connectivity index (χ1n) is 13.5. The van der Waals surface area contributed by atoms with Crippen LogP contribution >= 0.6 is 0 Å². The summed E-state index contributed by atoms with van der Waals surface area (Å²) in [6.07, 6.45) is 1.66. The van der Waals surface area contributed by atoms with E-state index in [0.29, 0.717) is 37.0 Å². The predicted molar refractivity (Wildman–Crippen MR) is 151 cm³/mol. The summed E-state index contributed by atoms with van der Waals surface area (Å²) in [4.78, 5) is 46.2. The Morgan fingerprint density at radius 3 is 2.57 bits per heavy atom. The van der Waals surface area contributed by atoms with Crippen LogP contribution in [0, 0.1) is 29.1 Å². The number of nitrogens with one attached hydrogen (secondary N) is 3. The molecule has 0 aliphatic carbocycles. The van der Waals surface area contributed by atoms with E-state index in [1.165, 1.54) is 16.9 Å². The highest BCUT2D eigenvalue weighted by molar-refractivity contribution is 6.01. The molecular formula is C29H26F3N9O3. The largest absolute Gasteiger partial charge is 0.419 e. The van der Waals surface area contributed by atoms with Crippen LogP contribution in [0.1, 0.15) is 43.5 Å². The molecule has 2 aliphatic heterocycles. The third kappa shape index (κ3) is 6.47. The highest BCUT2D eigenvalue weighted by Gasteiger charge is 2.36. The molecule has 3 aromatic heterocycles. The van der Waals surface area contributed by atoms with Crippen molar-refractivity contribution in [3.63, 3.8) is 0 Å². The minimum atomic E-state index is -4.81. The summed E-state index contributed by atoms with van der Waals surface area (Å²) in [5.41, 5.74) is -2.05. The van der Waals surface area contributed by atoms with Crippen molar-refractivity contribution in [2.45, 2.75) is 44.4 Å². The van der Waals surface area contributed by atoms with Crippen molar-refractivity contribution in [2.75, 3.05) is 28.6 Å². The number of pyridine rings is 2. The van der Waals surface area contributed by atoms with Crippen molar-refractivity contribution in [3.05, 3.63) is 59.8 Å². The number of piperidine rings is 1. The van der Waals surface area contributed by atoms with Gasteiger partial charge in [-0.05, 0) is 38.5 Å². The Kier molecular flexibility index (Phi) is 7.97. The van der Waals surface area contributed by atoms with Crippen molar-refractivity contribution in [1.29, 1.82) is 5.26 Å². The molecule has 3 N–H and O–H groups in total. The molecule has 2 saturated heterocycles.